The number of nitrogens with one attached hydrogen (secondary N) is 1. The van der Waals surface area contributed by atoms with E-state index in [1.807, 2.05) is 58.9 Å². The molecule has 1 amide bonds. The molecular formula is C23H29NO4. The monoisotopic (exact) mass is 383 g/mol. The Morgan fingerprint density at radius 1 is 1.21 bits per heavy atom. The van der Waals surface area contributed by atoms with Gasteiger partial charge in [0.25, 0.3) is 5.91 Å². The summed E-state index contributed by atoms with van der Waals surface area (Å²) in [5.74, 6) is 2.11. The molecule has 1 N–H and O–H groups in total. The van der Waals surface area contributed by atoms with Gasteiger partial charge in [-0.15, -0.1) is 0 Å². The van der Waals surface area contributed by atoms with E-state index in [1.54, 1.807) is 7.11 Å². The van der Waals surface area contributed by atoms with Crippen molar-refractivity contribution in [1.29, 1.82) is 0 Å². The zero-order valence-electron chi connectivity index (χ0n) is 17.5. The summed E-state index contributed by atoms with van der Waals surface area (Å²) in [7, 11) is 1.63. The molecule has 1 aliphatic rings. The normalized spacial score (nSPS) is 17.3. The maximum Gasteiger partial charge on any atom is 0.258 e. The molecule has 1 atom stereocenters. The van der Waals surface area contributed by atoms with E-state index in [-0.39, 0.29) is 24.2 Å². The van der Waals surface area contributed by atoms with Crippen molar-refractivity contribution in [3.8, 4) is 17.2 Å². The smallest absolute Gasteiger partial charge is 0.258 e. The van der Waals surface area contributed by atoms with Gasteiger partial charge < -0.3 is 19.5 Å². The summed E-state index contributed by atoms with van der Waals surface area (Å²) in [6, 6.07) is 9.59. The van der Waals surface area contributed by atoms with E-state index in [4.69, 9.17) is 14.2 Å². The largest absolute Gasteiger partial charge is 0.497 e. The number of hydrogen-bond donors (Lipinski definition) is 1. The molecule has 2 aromatic rings. The minimum absolute atomic E-state index is 0.0270. The van der Waals surface area contributed by atoms with Crippen LogP contribution in [-0.2, 0) is 4.79 Å². The molecule has 28 heavy (non-hydrogen) atoms. The summed E-state index contributed by atoms with van der Waals surface area (Å²) < 4.78 is 17.2. The highest BCUT2D eigenvalue weighted by atomic mass is 16.5. The number of methoxy groups -OCH3 is 1. The van der Waals surface area contributed by atoms with Crippen LogP contribution in [0.3, 0.4) is 0 Å². The molecule has 0 spiro atoms. The molecule has 0 saturated heterocycles. The molecule has 0 bridgehead atoms. The van der Waals surface area contributed by atoms with Crippen molar-refractivity contribution in [1.82, 2.24) is 5.32 Å². The number of amides is 1. The van der Waals surface area contributed by atoms with Crippen molar-refractivity contribution in [2.75, 3.05) is 13.7 Å². The van der Waals surface area contributed by atoms with Crippen LogP contribution in [0, 0.1) is 20.8 Å². The number of ether oxygens (including phenoxy) is 3. The highest BCUT2D eigenvalue weighted by Crippen LogP contribution is 2.41. The molecule has 5 heteroatoms. The third kappa shape index (κ3) is 4.41. The molecule has 0 aromatic heterocycles. The first-order valence-electron chi connectivity index (χ1n) is 9.55. The van der Waals surface area contributed by atoms with Crippen LogP contribution in [0.25, 0.3) is 0 Å². The van der Waals surface area contributed by atoms with Crippen LogP contribution in [0.5, 0.6) is 17.2 Å². The molecule has 0 unspecified atom stereocenters. The quantitative estimate of drug-likeness (QED) is 0.830. The lowest BCUT2D eigenvalue weighted by Crippen LogP contribution is -2.42. The maximum atomic E-state index is 12.6. The van der Waals surface area contributed by atoms with Crippen LogP contribution in [0.4, 0.5) is 0 Å². The van der Waals surface area contributed by atoms with E-state index >= 15 is 0 Å². The van der Waals surface area contributed by atoms with Crippen LogP contribution >= 0.6 is 0 Å². The predicted octanol–water partition coefficient (Wildman–Crippen LogP) is 4.42. The van der Waals surface area contributed by atoms with Gasteiger partial charge in [0, 0.05) is 12.0 Å². The highest BCUT2D eigenvalue weighted by molar-refractivity contribution is 5.78. The molecule has 150 valence electrons. The van der Waals surface area contributed by atoms with E-state index in [1.165, 1.54) is 0 Å². The van der Waals surface area contributed by atoms with E-state index in [0.717, 1.165) is 39.5 Å². The number of hydrogen-bond acceptors (Lipinski definition) is 4. The molecule has 0 radical (unpaired) electrons. The summed E-state index contributed by atoms with van der Waals surface area (Å²) in [5, 5.41) is 3.10. The summed E-state index contributed by atoms with van der Waals surface area (Å²) in [6.07, 6.45) is 0.668. The Labute approximate surface area is 167 Å². The molecule has 0 aliphatic carbocycles. The average Bonchev–Trinajstić information content (AvgIpc) is 2.62. The number of fused-ring (bicyclic) bond motifs is 1. The molecule has 1 heterocycles. The second-order valence-electron chi connectivity index (χ2n) is 8.08. The minimum atomic E-state index is -0.370. The number of benzene rings is 2. The van der Waals surface area contributed by atoms with Crippen molar-refractivity contribution in [3.05, 3.63) is 52.6 Å². The van der Waals surface area contributed by atoms with Gasteiger partial charge in [0.05, 0.1) is 13.2 Å². The lowest BCUT2D eigenvalue weighted by atomic mass is 9.89. The van der Waals surface area contributed by atoms with Gasteiger partial charge in [-0.05, 0) is 75.6 Å². The van der Waals surface area contributed by atoms with Gasteiger partial charge in [0.2, 0.25) is 0 Å². The second kappa shape index (κ2) is 7.74. The summed E-state index contributed by atoms with van der Waals surface area (Å²) in [4.78, 5) is 12.6. The standard InChI is InChI=1S/C23H29NO4/c1-14-9-15(2)16(3)21(10-14)27-13-22(25)24-19-12-23(4,5)28-20-8-7-17(26-6)11-18(19)20/h7-11,19H,12-13H2,1-6H3,(H,24,25)/t19-/m0/s1. The van der Waals surface area contributed by atoms with Gasteiger partial charge in [0.15, 0.2) is 6.61 Å². The fourth-order valence-corrected chi connectivity index (χ4v) is 3.62. The Balaban J connectivity index is 1.73. The van der Waals surface area contributed by atoms with Crippen molar-refractivity contribution in [2.24, 2.45) is 0 Å². The van der Waals surface area contributed by atoms with Gasteiger partial charge in [-0.3, -0.25) is 4.79 Å². The Bertz CT molecular complexity index is 888. The third-order valence-corrected chi connectivity index (χ3v) is 5.13. The van der Waals surface area contributed by atoms with Crippen LogP contribution < -0.4 is 19.5 Å². The Hall–Kier alpha value is -2.69. The second-order valence-corrected chi connectivity index (χ2v) is 8.08. The maximum absolute atomic E-state index is 12.6. The van der Waals surface area contributed by atoms with E-state index in [9.17, 15) is 4.79 Å². The van der Waals surface area contributed by atoms with Crippen molar-refractivity contribution >= 4 is 5.91 Å². The lowest BCUT2D eigenvalue weighted by molar-refractivity contribution is -0.124. The van der Waals surface area contributed by atoms with E-state index < -0.39 is 0 Å². The molecule has 2 aromatic carbocycles. The van der Waals surface area contributed by atoms with Crippen molar-refractivity contribution in [3.63, 3.8) is 0 Å². The Kier molecular flexibility index (Phi) is 5.54. The molecule has 0 saturated carbocycles. The third-order valence-electron chi connectivity index (χ3n) is 5.13. The Morgan fingerprint density at radius 2 is 1.96 bits per heavy atom. The predicted molar refractivity (Wildman–Crippen MR) is 109 cm³/mol. The van der Waals surface area contributed by atoms with E-state index in [0.29, 0.717) is 6.42 Å². The zero-order chi connectivity index (χ0) is 20.5. The number of carbonyl (C=O) groups excluding carboxylic acids is 1. The van der Waals surface area contributed by atoms with Gasteiger partial charge in [-0.25, -0.2) is 0 Å². The van der Waals surface area contributed by atoms with Gasteiger partial charge >= 0.3 is 0 Å². The van der Waals surface area contributed by atoms with Crippen LogP contribution in [0.2, 0.25) is 0 Å². The van der Waals surface area contributed by atoms with Gasteiger partial charge in [-0.1, -0.05) is 6.07 Å². The van der Waals surface area contributed by atoms with Crippen LogP contribution in [0.15, 0.2) is 30.3 Å². The van der Waals surface area contributed by atoms with Crippen molar-refractivity contribution in [2.45, 2.75) is 52.7 Å². The van der Waals surface area contributed by atoms with Crippen LogP contribution in [-0.4, -0.2) is 25.2 Å². The molecule has 3 rings (SSSR count). The summed E-state index contributed by atoms with van der Waals surface area (Å²) in [5.41, 5.74) is 3.88. The fourth-order valence-electron chi connectivity index (χ4n) is 3.62. The summed E-state index contributed by atoms with van der Waals surface area (Å²) >= 11 is 0. The first-order valence-corrected chi connectivity index (χ1v) is 9.55. The minimum Gasteiger partial charge on any atom is -0.497 e. The SMILES string of the molecule is COc1ccc2c(c1)[C@@H](NC(=O)COc1cc(C)cc(C)c1C)CC(C)(C)O2. The molecule has 1 aliphatic heterocycles. The van der Waals surface area contributed by atoms with Crippen molar-refractivity contribution < 1.29 is 19.0 Å². The summed E-state index contributed by atoms with van der Waals surface area (Å²) in [6.45, 7) is 10.1. The number of rotatable bonds is 5. The lowest BCUT2D eigenvalue weighted by Gasteiger charge is -2.38. The number of carbonyl (C=O) groups is 1. The highest BCUT2D eigenvalue weighted by Gasteiger charge is 2.34. The first-order chi connectivity index (χ1) is 13.2. The van der Waals surface area contributed by atoms with Crippen LogP contribution in [0.1, 0.15) is 48.6 Å². The van der Waals surface area contributed by atoms with Gasteiger partial charge in [-0.2, -0.15) is 0 Å². The fraction of sp³-hybridized carbons (Fsp3) is 0.435. The van der Waals surface area contributed by atoms with E-state index in [2.05, 4.69) is 11.4 Å². The zero-order valence-corrected chi connectivity index (χ0v) is 17.5. The molecular weight excluding hydrogens is 354 g/mol. The molecule has 5 nitrogen and oxygen atoms in total. The topological polar surface area (TPSA) is 56.8 Å². The molecule has 0 fully saturated rings. The first kappa shape index (κ1) is 20.1. The number of aryl methyl sites for hydroxylation is 2. The van der Waals surface area contributed by atoms with Gasteiger partial charge in [0.1, 0.15) is 22.8 Å². The Morgan fingerprint density at radius 3 is 2.68 bits per heavy atom. The average molecular weight is 383 g/mol.